The molecule has 5 rings (SSSR count). The highest BCUT2D eigenvalue weighted by atomic mass is 17.0. The van der Waals surface area contributed by atoms with E-state index >= 15 is 5.21 Å². The highest BCUT2D eigenvalue weighted by Crippen LogP contribution is 2.58. The molecule has 0 aromatic heterocycles. The molecule has 0 radical (unpaired) electrons. The van der Waals surface area contributed by atoms with Crippen LogP contribution in [-0.2, 0) is 28.7 Å². The number of allylic oxidation sites excluding steroid dienone is 1. The van der Waals surface area contributed by atoms with Gasteiger partial charge < -0.3 is 39.1 Å². The molecule has 17 nitrogen and oxygen atoms in total. The average molecular weight is 765 g/mol. The van der Waals surface area contributed by atoms with Gasteiger partial charge in [-0.2, -0.15) is 5.06 Å². The Morgan fingerprint density at radius 3 is 1.78 bits per heavy atom. The number of nitrogens with zero attached hydrogens (tertiary/aromatic N) is 2. The Morgan fingerprint density at radius 1 is 0.782 bits per heavy atom. The van der Waals surface area contributed by atoms with E-state index in [1.54, 1.807) is 20.8 Å². The van der Waals surface area contributed by atoms with Crippen molar-refractivity contribution < 1.29 is 72.7 Å². The number of carbonyl (C=O) groups is 5. The number of benzene rings is 3. The number of fused-ring (bicyclic) bond motifs is 2. The number of hydrogen-bond donors (Lipinski definition) is 3. The van der Waals surface area contributed by atoms with Crippen molar-refractivity contribution in [3.8, 4) is 62.5 Å². The van der Waals surface area contributed by atoms with Crippen LogP contribution < -0.4 is 23.8 Å². The minimum atomic E-state index is -2.65. The van der Waals surface area contributed by atoms with Gasteiger partial charge in [0, 0.05) is 33.6 Å². The van der Waals surface area contributed by atoms with Gasteiger partial charge in [-0.25, -0.2) is 0 Å². The van der Waals surface area contributed by atoms with E-state index in [0.29, 0.717) is 6.42 Å². The van der Waals surface area contributed by atoms with Crippen molar-refractivity contribution in [3.05, 3.63) is 59.3 Å². The second-order valence-electron chi connectivity index (χ2n) is 13.0. The summed E-state index contributed by atoms with van der Waals surface area (Å²) in [6.45, 7) is 10.8. The van der Waals surface area contributed by atoms with Gasteiger partial charge in [-0.3, -0.25) is 34.0 Å². The van der Waals surface area contributed by atoms with Crippen LogP contribution in [0.5, 0.6) is 40.2 Å². The summed E-state index contributed by atoms with van der Waals surface area (Å²) in [6.07, 6.45) is 0.433. The van der Waals surface area contributed by atoms with Crippen LogP contribution in [0, 0.1) is 17.0 Å². The molecule has 0 bridgehead atoms. The highest BCUT2D eigenvalue weighted by molar-refractivity contribution is 5.96. The van der Waals surface area contributed by atoms with Crippen molar-refractivity contribution >= 4 is 29.8 Å². The zero-order valence-electron chi connectivity index (χ0n) is 31.2. The number of quaternary nitrogens is 1. The molecule has 3 aromatic carbocycles. The number of aromatic hydroxyl groups is 2. The van der Waals surface area contributed by atoms with Gasteiger partial charge >= 0.3 is 41.4 Å². The molecule has 4 atom stereocenters. The minimum Gasteiger partial charge on any atom is -0.578 e. The topological polar surface area (TPSA) is 228 Å². The highest BCUT2D eigenvalue weighted by Gasteiger charge is 2.73. The van der Waals surface area contributed by atoms with Gasteiger partial charge in [0.1, 0.15) is 5.75 Å². The lowest BCUT2D eigenvalue weighted by Crippen LogP contribution is -2.78. The predicted molar refractivity (Wildman–Crippen MR) is 189 cm³/mol. The Balaban J connectivity index is 1.78. The molecule has 0 spiro atoms. The van der Waals surface area contributed by atoms with Crippen molar-refractivity contribution in [2.75, 3.05) is 0 Å². The summed E-state index contributed by atoms with van der Waals surface area (Å²) < 4.78 is 27.8. The second kappa shape index (κ2) is 14.9. The summed E-state index contributed by atoms with van der Waals surface area (Å²) in [7, 11) is 0. The Hall–Kier alpha value is -6.17. The summed E-state index contributed by atoms with van der Waals surface area (Å²) in [6, 6.07) is 9.23. The number of hydrogen-bond acceptors (Lipinski definition) is 15. The summed E-state index contributed by atoms with van der Waals surface area (Å²) in [5.74, 6) is -10.1. The maximum absolute atomic E-state index is 15.2. The smallest absolute Gasteiger partial charge is 0.374 e. The third-order valence-electron chi connectivity index (χ3n) is 9.23. The van der Waals surface area contributed by atoms with Gasteiger partial charge in [0.2, 0.25) is 5.75 Å². The first-order valence-electron chi connectivity index (χ1n) is 17.2. The van der Waals surface area contributed by atoms with Crippen LogP contribution in [-0.4, -0.2) is 60.8 Å². The molecule has 2 aliphatic heterocycles. The van der Waals surface area contributed by atoms with Gasteiger partial charge in [-0.1, -0.05) is 44.6 Å². The minimum absolute atomic E-state index is 0.0677. The third-order valence-corrected chi connectivity index (χ3v) is 9.23. The van der Waals surface area contributed by atoms with E-state index in [-0.39, 0.29) is 56.7 Å². The zero-order valence-corrected chi connectivity index (χ0v) is 31.2. The van der Waals surface area contributed by atoms with Crippen LogP contribution in [0.1, 0.15) is 68.2 Å². The predicted octanol–water partition coefficient (Wildman–Crippen LogP) is 5.96. The van der Waals surface area contributed by atoms with Crippen LogP contribution in [0.3, 0.4) is 0 Å². The number of amides is 1. The van der Waals surface area contributed by atoms with E-state index in [2.05, 4.69) is 0 Å². The fourth-order valence-corrected chi connectivity index (χ4v) is 6.41. The molecule has 2 heterocycles. The van der Waals surface area contributed by atoms with Crippen molar-refractivity contribution in [3.63, 3.8) is 0 Å². The number of phenolic OH excluding ortho intramolecular Hbond substituents is 2. The lowest BCUT2D eigenvalue weighted by molar-refractivity contribution is -1.08. The molecule has 1 unspecified atom stereocenters. The van der Waals surface area contributed by atoms with E-state index in [4.69, 9.17) is 28.5 Å². The van der Waals surface area contributed by atoms with Gasteiger partial charge in [-0.05, 0) is 54.3 Å². The zero-order chi connectivity index (χ0) is 40.7. The first kappa shape index (κ1) is 40.0. The number of rotatable bonds is 10. The standard InChI is InChI=1S/C38H40N2O15/c1-9-18(3)31-36(53-23(8)44)40(49)38(19(4)10-2,37(47)39(31)48)54-28-17-25(13-16-27(28)55-40)30-33(46)32(45)29(24-11-14-26(15-12-24)50-20(5)41)34(51-21(6)42)35(30)52-22(7)43/h11-19,45-46,48H,9-10H2,1-8H3/t18-,19-,38+,40?/m0/s1. The fraction of sp³-hybridized carbons (Fsp3) is 0.342. The lowest BCUT2D eigenvalue weighted by atomic mass is 9.89. The Kier molecular flexibility index (Phi) is 10.9. The molecule has 55 heavy (non-hydrogen) atoms. The normalized spacial score (nSPS) is 19.9. The molecule has 0 saturated carbocycles. The van der Waals surface area contributed by atoms with Crippen molar-refractivity contribution in [2.24, 2.45) is 11.8 Å². The monoisotopic (exact) mass is 764 g/mol. The Bertz CT molecular complexity index is 2130. The first-order chi connectivity index (χ1) is 25.8. The Labute approximate surface area is 314 Å². The molecule has 292 valence electrons. The molecular formula is C38H40N2O15. The summed E-state index contributed by atoms with van der Waals surface area (Å²) >= 11 is 0. The van der Waals surface area contributed by atoms with Gasteiger partial charge in [0.25, 0.3) is 0 Å². The average Bonchev–Trinajstić information content (AvgIpc) is 3.11. The summed E-state index contributed by atoms with van der Waals surface area (Å²) in [5.41, 5.74) is -3.54. The van der Waals surface area contributed by atoms with E-state index in [0.717, 1.165) is 20.8 Å². The number of esters is 4. The third kappa shape index (κ3) is 6.77. The van der Waals surface area contributed by atoms with E-state index in [1.807, 2.05) is 0 Å². The fourth-order valence-electron chi connectivity index (χ4n) is 6.41. The largest absolute Gasteiger partial charge is 0.578 e. The van der Waals surface area contributed by atoms with E-state index in [9.17, 15) is 39.4 Å². The van der Waals surface area contributed by atoms with Gasteiger partial charge in [0.05, 0.1) is 17.0 Å². The SMILES string of the molecule is CC[C@H](C)C1=C(OC(C)=O)[N+]2([O-])Oc3ccc(-c4c(O)c(O)c(-c5ccc(OC(C)=O)cc5)c(OC(C)=O)c4OC(C)=O)cc3O[C@]2([C@@H](C)CC)C(=O)N1O. The van der Waals surface area contributed by atoms with Crippen LogP contribution in [0.25, 0.3) is 22.3 Å². The molecule has 0 aliphatic carbocycles. The molecule has 1 amide bonds. The summed E-state index contributed by atoms with van der Waals surface area (Å²) in [4.78, 5) is 67.0. The number of hydroxylamine groups is 6. The molecular weight excluding hydrogens is 724 g/mol. The maximum Gasteiger partial charge on any atom is 0.374 e. The van der Waals surface area contributed by atoms with Crippen molar-refractivity contribution in [1.29, 1.82) is 0 Å². The van der Waals surface area contributed by atoms with Crippen molar-refractivity contribution in [2.45, 2.75) is 74.0 Å². The Morgan fingerprint density at radius 2 is 1.29 bits per heavy atom. The molecule has 17 heteroatoms. The maximum atomic E-state index is 15.2. The van der Waals surface area contributed by atoms with E-state index in [1.165, 1.54) is 56.3 Å². The van der Waals surface area contributed by atoms with Crippen LogP contribution in [0.15, 0.2) is 54.0 Å². The molecule has 3 N–H and O–H groups in total. The van der Waals surface area contributed by atoms with Crippen LogP contribution in [0.4, 0.5) is 0 Å². The number of carbonyl (C=O) groups excluding carboxylic acids is 5. The molecule has 0 saturated heterocycles. The molecule has 0 fully saturated rings. The summed E-state index contributed by atoms with van der Waals surface area (Å²) in [5, 5.41) is 49.8. The van der Waals surface area contributed by atoms with Gasteiger partial charge in [0.15, 0.2) is 34.4 Å². The second-order valence-corrected chi connectivity index (χ2v) is 13.0. The quantitative estimate of drug-likeness (QED) is 0.0540. The van der Waals surface area contributed by atoms with Crippen LogP contribution in [0.2, 0.25) is 0 Å². The van der Waals surface area contributed by atoms with Crippen LogP contribution >= 0.6 is 0 Å². The lowest BCUT2D eigenvalue weighted by Gasteiger charge is -2.56. The number of phenols is 2. The van der Waals surface area contributed by atoms with Crippen molar-refractivity contribution in [1.82, 2.24) is 5.06 Å². The van der Waals surface area contributed by atoms with Gasteiger partial charge in [-0.15, -0.1) is 0 Å². The first-order valence-corrected chi connectivity index (χ1v) is 17.2. The van der Waals surface area contributed by atoms with E-state index < -0.39 is 81.0 Å². The molecule has 2 aliphatic rings. The number of ether oxygens (including phenoxy) is 5. The molecule has 3 aromatic rings.